The van der Waals surface area contributed by atoms with Crippen LogP contribution in [-0.2, 0) is 0 Å². The van der Waals surface area contributed by atoms with Gasteiger partial charge in [0.1, 0.15) is 11.5 Å². The van der Waals surface area contributed by atoms with Crippen LogP contribution in [0.25, 0.3) is 66.4 Å². The molecular formula is C51H55BrN2O2. The van der Waals surface area contributed by atoms with E-state index in [0.29, 0.717) is 11.8 Å². The Morgan fingerprint density at radius 3 is 1.77 bits per heavy atom. The third-order valence-corrected chi connectivity index (χ3v) is 11.8. The van der Waals surface area contributed by atoms with Gasteiger partial charge in [0.15, 0.2) is 0 Å². The van der Waals surface area contributed by atoms with Gasteiger partial charge in [0.05, 0.1) is 24.4 Å². The summed E-state index contributed by atoms with van der Waals surface area (Å²) >= 11 is 3.63. The molecule has 0 aliphatic heterocycles. The molecule has 0 bridgehead atoms. The van der Waals surface area contributed by atoms with Crippen molar-refractivity contribution in [1.82, 2.24) is 9.97 Å². The molecular weight excluding hydrogens is 752 g/mol. The smallest absolute Gasteiger partial charge is 0.119 e. The van der Waals surface area contributed by atoms with E-state index in [9.17, 15) is 0 Å². The van der Waals surface area contributed by atoms with E-state index in [0.717, 1.165) is 86.6 Å². The van der Waals surface area contributed by atoms with Crippen molar-refractivity contribution in [3.63, 3.8) is 0 Å². The second-order valence-corrected chi connectivity index (χ2v) is 16.2. The highest BCUT2D eigenvalue weighted by Crippen LogP contribution is 2.40. The number of hydrogen-bond donors (Lipinski definition) is 1. The van der Waals surface area contributed by atoms with E-state index in [-0.39, 0.29) is 0 Å². The molecule has 0 aliphatic carbocycles. The first kappa shape index (κ1) is 39.4. The molecule has 5 heteroatoms. The molecule has 2 unspecified atom stereocenters. The highest BCUT2D eigenvalue weighted by Gasteiger charge is 2.16. The molecule has 56 heavy (non-hydrogen) atoms. The molecule has 0 radical (unpaired) electrons. The Morgan fingerprint density at radius 1 is 0.571 bits per heavy atom. The standard InChI is InChI=1S/C51H55BrN2O2/c1-5-9-12-35(7-3)33-55-44-21-16-37(17-22-44)39-20-25-49-47(29-39)48-31-42(38-18-23-45(24-19-38)56-34-36(8-4)13-10-6-2)30-46(51(48)54-49)40-14-11-15-41(28-40)50-32-43(52)26-27-53-50/h11,14-32,35-36,54H,5-10,12-13,33-34H2,1-4H3. The van der Waals surface area contributed by atoms with Gasteiger partial charge in [0, 0.05) is 38.1 Å². The first-order valence-corrected chi connectivity index (χ1v) is 21.5. The largest absolute Gasteiger partial charge is 0.493 e. The molecule has 7 aromatic rings. The molecule has 5 aromatic carbocycles. The Bertz CT molecular complexity index is 2340. The van der Waals surface area contributed by atoms with Gasteiger partial charge in [-0.25, -0.2) is 0 Å². The first-order chi connectivity index (χ1) is 27.5. The van der Waals surface area contributed by atoms with E-state index in [1.54, 1.807) is 0 Å². The van der Waals surface area contributed by atoms with Gasteiger partial charge in [0.2, 0.25) is 0 Å². The van der Waals surface area contributed by atoms with Crippen molar-refractivity contribution in [1.29, 1.82) is 0 Å². The van der Waals surface area contributed by atoms with Crippen LogP contribution in [-0.4, -0.2) is 23.2 Å². The lowest BCUT2D eigenvalue weighted by atomic mass is 9.94. The summed E-state index contributed by atoms with van der Waals surface area (Å²) in [7, 11) is 0. The minimum absolute atomic E-state index is 0.592. The number of fused-ring (bicyclic) bond motifs is 3. The van der Waals surface area contributed by atoms with Gasteiger partial charge in [0.25, 0.3) is 0 Å². The molecule has 1 N–H and O–H groups in total. The third kappa shape index (κ3) is 9.38. The van der Waals surface area contributed by atoms with E-state index in [2.05, 4.69) is 163 Å². The Hall–Kier alpha value is -4.87. The lowest BCUT2D eigenvalue weighted by molar-refractivity contribution is 0.233. The number of aromatic amines is 1. The number of aromatic nitrogens is 2. The fourth-order valence-corrected chi connectivity index (χ4v) is 8.03. The van der Waals surface area contributed by atoms with Crippen LogP contribution in [0.15, 0.2) is 126 Å². The lowest BCUT2D eigenvalue weighted by Crippen LogP contribution is -2.11. The van der Waals surface area contributed by atoms with Crippen molar-refractivity contribution in [3.8, 4) is 56.1 Å². The third-order valence-electron chi connectivity index (χ3n) is 11.3. The van der Waals surface area contributed by atoms with Crippen LogP contribution in [0.2, 0.25) is 0 Å². The van der Waals surface area contributed by atoms with Crippen LogP contribution < -0.4 is 9.47 Å². The summed E-state index contributed by atoms with van der Waals surface area (Å²) in [6, 6.07) is 41.4. The normalized spacial score (nSPS) is 12.6. The number of nitrogens with zero attached hydrogens (tertiary/aromatic N) is 1. The van der Waals surface area contributed by atoms with Crippen LogP contribution in [0.5, 0.6) is 11.5 Å². The second-order valence-electron chi connectivity index (χ2n) is 15.3. The number of ether oxygens (including phenoxy) is 2. The van der Waals surface area contributed by atoms with E-state index in [1.807, 2.05) is 12.3 Å². The second kappa shape index (κ2) is 18.8. The Balaban J connectivity index is 1.25. The maximum Gasteiger partial charge on any atom is 0.119 e. The average molecular weight is 808 g/mol. The minimum atomic E-state index is 0.592. The van der Waals surface area contributed by atoms with Gasteiger partial charge < -0.3 is 14.5 Å². The number of unbranched alkanes of at least 4 members (excludes halogenated alkanes) is 2. The summed E-state index contributed by atoms with van der Waals surface area (Å²) in [6.07, 6.45) is 11.6. The molecule has 7 rings (SSSR count). The number of nitrogens with one attached hydrogen (secondary N) is 1. The quantitative estimate of drug-likeness (QED) is 0.0939. The predicted octanol–water partition coefficient (Wildman–Crippen LogP) is 15.3. The summed E-state index contributed by atoms with van der Waals surface area (Å²) in [6.45, 7) is 10.6. The Labute approximate surface area is 341 Å². The fourth-order valence-electron chi connectivity index (χ4n) is 7.69. The summed E-state index contributed by atoms with van der Waals surface area (Å²) in [4.78, 5) is 8.50. The van der Waals surface area contributed by atoms with Crippen molar-refractivity contribution in [2.24, 2.45) is 11.8 Å². The van der Waals surface area contributed by atoms with Gasteiger partial charge in [-0.2, -0.15) is 0 Å². The molecule has 0 fully saturated rings. The fraction of sp³-hybridized carbons (Fsp3) is 0.314. The Morgan fingerprint density at radius 2 is 1.16 bits per heavy atom. The summed E-state index contributed by atoms with van der Waals surface area (Å²) in [5, 5.41) is 2.39. The maximum atomic E-state index is 6.30. The number of H-pyrrole nitrogens is 1. The number of halogens is 1. The van der Waals surface area contributed by atoms with E-state index < -0.39 is 0 Å². The van der Waals surface area contributed by atoms with Crippen molar-refractivity contribution in [2.75, 3.05) is 13.2 Å². The van der Waals surface area contributed by atoms with Gasteiger partial charge >= 0.3 is 0 Å². The predicted molar refractivity (Wildman–Crippen MR) is 241 cm³/mol. The highest BCUT2D eigenvalue weighted by atomic mass is 79.9. The minimum Gasteiger partial charge on any atom is -0.493 e. The highest BCUT2D eigenvalue weighted by molar-refractivity contribution is 9.10. The molecule has 0 aliphatic rings. The van der Waals surface area contributed by atoms with Crippen LogP contribution in [0.1, 0.15) is 79.1 Å². The molecule has 0 saturated carbocycles. The molecule has 2 heterocycles. The Kier molecular flexibility index (Phi) is 13.2. The van der Waals surface area contributed by atoms with Crippen molar-refractivity contribution in [2.45, 2.75) is 79.1 Å². The van der Waals surface area contributed by atoms with E-state index in [4.69, 9.17) is 9.47 Å². The number of pyridine rings is 1. The van der Waals surface area contributed by atoms with E-state index in [1.165, 1.54) is 60.4 Å². The number of benzene rings is 5. The maximum absolute atomic E-state index is 6.30. The van der Waals surface area contributed by atoms with Crippen LogP contribution in [0.3, 0.4) is 0 Å². The van der Waals surface area contributed by atoms with Gasteiger partial charge in [-0.15, -0.1) is 0 Å². The summed E-state index contributed by atoms with van der Waals surface area (Å²) in [5.74, 6) is 3.06. The van der Waals surface area contributed by atoms with Gasteiger partial charge in [-0.05, 0) is 119 Å². The molecule has 2 atom stereocenters. The molecule has 2 aromatic heterocycles. The van der Waals surface area contributed by atoms with Crippen LogP contribution in [0, 0.1) is 11.8 Å². The first-order valence-electron chi connectivity index (χ1n) is 20.7. The molecule has 0 saturated heterocycles. The average Bonchev–Trinajstić information content (AvgIpc) is 3.62. The van der Waals surface area contributed by atoms with Crippen molar-refractivity contribution >= 4 is 37.7 Å². The number of hydrogen-bond acceptors (Lipinski definition) is 3. The molecule has 288 valence electrons. The lowest BCUT2D eigenvalue weighted by Gasteiger charge is -2.16. The summed E-state index contributed by atoms with van der Waals surface area (Å²) < 4.78 is 13.6. The zero-order valence-electron chi connectivity index (χ0n) is 33.4. The van der Waals surface area contributed by atoms with E-state index >= 15 is 0 Å². The molecule has 0 amide bonds. The monoisotopic (exact) mass is 806 g/mol. The van der Waals surface area contributed by atoms with Crippen molar-refractivity contribution < 1.29 is 9.47 Å². The van der Waals surface area contributed by atoms with Gasteiger partial charge in [-0.1, -0.05) is 131 Å². The topological polar surface area (TPSA) is 47.1 Å². The SMILES string of the molecule is CCCCC(CC)COc1ccc(-c2ccc3[nH]c4c(-c5cccc(-c6cc(Br)ccn6)c5)cc(-c5ccc(OCC(CC)CCCC)cc5)cc4c3c2)cc1. The van der Waals surface area contributed by atoms with Crippen LogP contribution >= 0.6 is 15.9 Å². The number of rotatable bonds is 18. The van der Waals surface area contributed by atoms with Crippen LogP contribution in [0.4, 0.5) is 0 Å². The molecule has 4 nitrogen and oxygen atoms in total. The summed E-state index contributed by atoms with van der Waals surface area (Å²) in [5.41, 5.74) is 11.2. The zero-order valence-corrected chi connectivity index (χ0v) is 35.0. The molecule has 0 spiro atoms. The van der Waals surface area contributed by atoms with Gasteiger partial charge in [-0.3, -0.25) is 4.98 Å². The zero-order chi connectivity index (χ0) is 38.9. The van der Waals surface area contributed by atoms with Crippen molar-refractivity contribution in [3.05, 3.63) is 126 Å².